The van der Waals surface area contributed by atoms with Crippen molar-refractivity contribution in [2.45, 2.75) is 25.7 Å². The minimum Gasteiger partial charge on any atom is -0.476 e. The Bertz CT molecular complexity index is 407. The summed E-state index contributed by atoms with van der Waals surface area (Å²) in [5.41, 5.74) is 6.46. The first-order chi connectivity index (χ1) is 8.76. The maximum absolute atomic E-state index is 5.99. The molecule has 0 bridgehead atoms. The van der Waals surface area contributed by atoms with Crippen molar-refractivity contribution in [3.05, 3.63) is 5.82 Å². The van der Waals surface area contributed by atoms with Crippen molar-refractivity contribution < 1.29 is 9.47 Å². The van der Waals surface area contributed by atoms with Crippen molar-refractivity contribution in [1.29, 1.82) is 0 Å². The molecule has 0 amide bonds. The first-order valence-electron chi connectivity index (χ1n) is 6.29. The summed E-state index contributed by atoms with van der Waals surface area (Å²) in [7, 11) is 1.66. The summed E-state index contributed by atoms with van der Waals surface area (Å²) in [4.78, 5) is 8.85. The van der Waals surface area contributed by atoms with E-state index in [1.807, 2.05) is 6.92 Å². The normalized spacial score (nSPS) is 14.6. The molecule has 1 aliphatic rings. The van der Waals surface area contributed by atoms with E-state index in [0.717, 1.165) is 18.7 Å². The average Bonchev–Trinajstić information content (AvgIpc) is 3.18. The van der Waals surface area contributed by atoms with Gasteiger partial charge in [-0.25, -0.2) is 4.98 Å². The second-order valence-corrected chi connectivity index (χ2v) is 4.28. The molecule has 0 aromatic carbocycles. The first-order valence-corrected chi connectivity index (χ1v) is 6.29. The van der Waals surface area contributed by atoms with Crippen LogP contribution in [0.25, 0.3) is 0 Å². The van der Waals surface area contributed by atoms with Crippen molar-refractivity contribution in [2.24, 2.45) is 0 Å². The van der Waals surface area contributed by atoms with Crippen LogP contribution in [0.15, 0.2) is 0 Å². The zero-order chi connectivity index (χ0) is 13.0. The molecule has 2 rings (SSSR count). The van der Waals surface area contributed by atoms with Crippen molar-refractivity contribution >= 4 is 11.5 Å². The number of nitrogen functional groups attached to an aromatic ring is 1. The lowest BCUT2D eigenvalue weighted by Gasteiger charge is -2.13. The van der Waals surface area contributed by atoms with Gasteiger partial charge in [0.1, 0.15) is 11.5 Å². The Morgan fingerprint density at radius 2 is 2.17 bits per heavy atom. The van der Waals surface area contributed by atoms with Gasteiger partial charge in [0.05, 0.1) is 13.2 Å². The maximum Gasteiger partial charge on any atom is 0.242 e. The molecule has 1 fully saturated rings. The number of hydrogen-bond donors (Lipinski definition) is 2. The van der Waals surface area contributed by atoms with Crippen molar-refractivity contribution in [1.82, 2.24) is 9.97 Å². The Morgan fingerprint density at radius 1 is 1.39 bits per heavy atom. The Balaban J connectivity index is 2.18. The van der Waals surface area contributed by atoms with Crippen LogP contribution >= 0.6 is 0 Å². The van der Waals surface area contributed by atoms with E-state index in [1.54, 1.807) is 7.11 Å². The van der Waals surface area contributed by atoms with Crippen LogP contribution in [-0.4, -0.2) is 36.8 Å². The van der Waals surface area contributed by atoms with E-state index in [4.69, 9.17) is 15.2 Å². The van der Waals surface area contributed by atoms with Crippen molar-refractivity contribution in [3.8, 4) is 5.88 Å². The van der Waals surface area contributed by atoms with Gasteiger partial charge in [0.15, 0.2) is 5.82 Å². The highest BCUT2D eigenvalue weighted by Crippen LogP contribution is 2.40. The van der Waals surface area contributed by atoms with Gasteiger partial charge < -0.3 is 20.5 Å². The molecule has 18 heavy (non-hydrogen) atoms. The third-order valence-electron chi connectivity index (χ3n) is 2.75. The lowest BCUT2D eigenvalue weighted by atomic mass is 10.3. The van der Waals surface area contributed by atoms with Crippen molar-refractivity contribution in [3.63, 3.8) is 0 Å². The van der Waals surface area contributed by atoms with E-state index < -0.39 is 0 Å². The number of nitrogens with zero attached hydrogens (tertiary/aromatic N) is 2. The van der Waals surface area contributed by atoms with E-state index in [2.05, 4.69) is 15.3 Å². The number of hydrogen-bond acceptors (Lipinski definition) is 6. The van der Waals surface area contributed by atoms with Gasteiger partial charge in [0, 0.05) is 19.6 Å². The number of aromatic nitrogens is 2. The van der Waals surface area contributed by atoms with Gasteiger partial charge in [-0.3, -0.25) is 0 Å². The van der Waals surface area contributed by atoms with Crippen LogP contribution < -0.4 is 15.8 Å². The monoisotopic (exact) mass is 252 g/mol. The average molecular weight is 252 g/mol. The van der Waals surface area contributed by atoms with Crippen LogP contribution in [0.3, 0.4) is 0 Å². The summed E-state index contributed by atoms with van der Waals surface area (Å²) in [6.07, 6.45) is 2.29. The highest BCUT2D eigenvalue weighted by molar-refractivity contribution is 5.67. The Hall–Kier alpha value is -1.56. The van der Waals surface area contributed by atoms with Crippen LogP contribution in [0.5, 0.6) is 5.88 Å². The molecule has 6 heteroatoms. The summed E-state index contributed by atoms with van der Waals surface area (Å²) in [5.74, 6) is 2.42. The predicted molar refractivity (Wildman–Crippen MR) is 70.0 cm³/mol. The lowest BCUT2D eigenvalue weighted by molar-refractivity contribution is 0.210. The molecule has 0 spiro atoms. The van der Waals surface area contributed by atoms with E-state index in [9.17, 15) is 0 Å². The van der Waals surface area contributed by atoms with Gasteiger partial charge in [-0.05, 0) is 19.8 Å². The Morgan fingerprint density at radius 3 is 2.78 bits per heavy atom. The maximum atomic E-state index is 5.99. The number of nitrogens with one attached hydrogen (secondary N) is 1. The number of rotatable bonds is 7. The summed E-state index contributed by atoms with van der Waals surface area (Å²) in [5, 5.41) is 3.15. The molecule has 1 aliphatic carbocycles. The summed E-state index contributed by atoms with van der Waals surface area (Å²) < 4.78 is 10.4. The van der Waals surface area contributed by atoms with Crippen molar-refractivity contribution in [2.75, 3.05) is 37.9 Å². The zero-order valence-electron chi connectivity index (χ0n) is 10.9. The van der Waals surface area contributed by atoms with E-state index in [1.165, 1.54) is 0 Å². The third-order valence-corrected chi connectivity index (χ3v) is 2.75. The van der Waals surface area contributed by atoms with E-state index >= 15 is 0 Å². The fraction of sp³-hybridized carbons (Fsp3) is 0.667. The van der Waals surface area contributed by atoms with Crippen LogP contribution in [0.2, 0.25) is 0 Å². The SMILES string of the molecule is CCOc1nc(C2CC2)nc(NCCOC)c1N. The highest BCUT2D eigenvalue weighted by atomic mass is 16.5. The fourth-order valence-electron chi connectivity index (χ4n) is 1.64. The second kappa shape index (κ2) is 5.86. The molecule has 1 saturated carbocycles. The van der Waals surface area contributed by atoms with Crippen LogP contribution in [0.1, 0.15) is 31.5 Å². The molecule has 100 valence electrons. The Kier molecular flexibility index (Phi) is 4.19. The molecule has 1 aromatic rings. The number of nitrogens with two attached hydrogens (primary N) is 1. The third kappa shape index (κ3) is 3.01. The highest BCUT2D eigenvalue weighted by Gasteiger charge is 2.28. The topological polar surface area (TPSA) is 82.3 Å². The standard InChI is InChI=1S/C12H20N4O2/c1-3-18-12-9(13)11(14-6-7-17-2)15-10(16-12)8-4-5-8/h8H,3-7,13H2,1-2H3,(H,14,15,16). The summed E-state index contributed by atoms with van der Waals surface area (Å²) >= 11 is 0. The molecule has 3 N–H and O–H groups in total. The fourth-order valence-corrected chi connectivity index (χ4v) is 1.64. The van der Waals surface area contributed by atoms with Gasteiger partial charge >= 0.3 is 0 Å². The molecule has 0 aliphatic heterocycles. The molecule has 1 aromatic heterocycles. The first kappa shape index (κ1) is 12.9. The largest absolute Gasteiger partial charge is 0.476 e. The van der Waals surface area contributed by atoms with Gasteiger partial charge in [0.2, 0.25) is 5.88 Å². The van der Waals surface area contributed by atoms with Gasteiger partial charge in [-0.1, -0.05) is 0 Å². The molecule has 0 atom stereocenters. The number of methoxy groups -OCH3 is 1. The van der Waals surface area contributed by atoms with Gasteiger partial charge in [-0.2, -0.15) is 4.98 Å². The molecule has 0 saturated heterocycles. The predicted octanol–water partition coefficient (Wildman–Crippen LogP) is 1.39. The van der Waals surface area contributed by atoms with Crippen LogP contribution in [-0.2, 0) is 4.74 Å². The molecular formula is C12H20N4O2. The van der Waals surface area contributed by atoms with E-state index in [-0.39, 0.29) is 0 Å². The van der Waals surface area contributed by atoms with Gasteiger partial charge in [-0.15, -0.1) is 0 Å². The second-order valence-electron chi connectivity index (χ2n) is 4.28. The number of anilines is 2. The van der Waals surface area contributed by atoms with Crippen LogP contribution in [0.4, 0.5) is 11.5 Å². The molecule has 0 radical (unpaired) electrons. The summed E-state index contributed by atoms with van der Waals surface area (Å²) in [6.45, 7) is 3.72. The quantitative estimate of drug-likeness (QED) is 0.714. The summed E-state index contributed by atoms with van der Waals surface area (Å²) in [6, 6.07) is 0. The van der Waals surface area contributed by atoms with E-state index in [0.29, 0.717) is 43.1 Å². The molecule has 6 nitrogen and oxygen atoms in total. The zero-order valence-corrected chi connectivity index (χ0v) is 10.9. The molecular weight excluding hydrogens is 232 g/mol. The molecule has 1 heterocycles. The van der Waals surface area contributed by atoms with Crippen LogP contribution in [0, 0.1) is 0 Å². The number of ether oxygens (including phenoxy) is 2. The lowest BCUT2D eigenvalue weighted by Crippen LogP contribution is -2.13. The Labute approximate surface area is 107 Å². The molecule has 0 unspecified atom stereocenters. The van der Waals surface area contributed by atoms with Gasteiger partial charge in [0.25, 0.3) is 0 Å². The smallest absolute Gasteiger partial charge is 0.242 e. The minimum absolute atomic E-state index is 0.466. The minimum atomic E-state index is 0.466.